The monoisotopic (exact) mass is 377 g/mol. The molecule has 0 saturated carbocycles. The Morgan fingerprint density at radius 3 is 2.42 bits per heavy atom. The van der Waals surface area contributed by atoms with Crippen LogP contribution >= 0.6 is 11.6 Å². The molecule has 8 heteroatoms. The van der Waals surface area contributed by atoms with E-state index in [0.717, 1.165) is 0 Å². The van der Waals surface area contributed by atoms with E-state index in [1.165, 1.54) is 4.90 Å². The van der Waals surface area contributed by atoms with E-state index >= 15 is 0 Å². The normalized spacial score (nSPS) is 10.2. The Labute approximate surface area is 156 Å². The minimum atomic E-state index is -0.456. The molecule has 138 valence electrons. The van der Waals surface area contributed by atoms with Crippen LogP contribution in [0.3, 0.4) is 0 Å². The zero-order valence-corrected chi connectivity index (χ0v) is 15.5. The van der Waals surface area contributed by atoms with Crippen LogP contribution in [0.15, 0.2) is 36.4 Å². The quantitative estimate of drug-likeness (QED) is 0.823. The molecule has 1 aromatic heterocycles. The summed E-state index contributed by atoms with van der Waals surface area (Å²) in [6, 6.07) is 9.89. The Bertz CT molecular complexity index is 781. The molecule has 0 saturated heterocycles. The second kappa shape index (κ2) is 9.05. The topological polar surface area (TPSA) is 80.8 Å². The predicted octanol–water partition coefficient (Wildman–Crippen LogP) is 3.98. The zero-order chi connectivity index (χ0) is 19.1. The minimum Gasteiger partial charge on any atom is -0.478 e. The fourth-order valence-corrected chi connectivity index (χ4v) is 2.29. The highest BCUT2D eigenvalue weighted by Crippen LogP contribution is 2.21. The highest BCUT2D eigenvalue weighted by Gasteiger charge is 2.15. The summed E-state index contributed by atoms with van der Waals surface area (Å²) in [5.74, 6) is -0.128. The maximum Gasteiger partial charge on any atom is 0.413 e. The molecule has 0 bridgehead atoms. The van der Waals surface area contributed by atoms with Crippen LogP contribution in [-0.4, -0.2) is 37.2 Å². The molecule has 0 radical (unpaired) electrons. The maximum atomic E-state index is 12.4. The average molecular weight is 378 g/mol. The first-order valence-corrected chi connectivity index (χ1v) is 8.45. The Morgan fingerprint density at radius 1 is 1.12 bits per heavy atom. The summed E-state index contributed by atoms with van der Waals surface area (Å²) in [5, 5.41) is 2.94. The smallest absolute Gasteiger partial charge is 0.413 e. The van der Waals surface area contributed by atoms with Crippen molar-refractivity contribution >= 4 is 35.0 Å². The van der Waals surface area contributed by atoms with Gasteiger partial charge in [0.15, 0.2) is 5.69 Å². The lowest BCUT2D eigenvalue weighted by molar-refractivity contribution is 0.102. The van der Waals surface area contributed by atoms with Gasteiger partial charge in [-0.15, -0.1) is 0 Å². The van der Waals surface area contributed by atoms with Crippen LogP contribution in [0.25, 0.3) is 0 Å². The molecule has 0 aliphatic rings. The summed E-state index contributed by atoms with van der Waals surface area (Å²) >= 11 is 6.05. The van der Waals surface area contributed by atoms with Crippen LogP contribution in [-0.2, 0) is 4.74 Å². The molecular weight excluding hydrogens is 358 g/mol. The van der Waals surface area contributed by atoms with E-state index in [0.29, 0.717) is 30.5 Å². The molecule has 0 fully saturated rings. The van der Waals surface area contributed by atoms with E-state index in [2.05, 4.69) is 10.3 Å². The number of carbonyl (C=O) groups excluding carboxylic acids is 2. The highest BCUT2D eigenvalue weighted by molar-refractivity contribution is 6.34. The van der Waals surface area contributed by atoms with E-state index in [9.17, 15) is 9.59 Å². The molecule has 0 aliphatic carbocycles. The molecule has 2 rings (SSSR count). The summed E-state index contributed by atoms with van der Waals surface area (Å²) < 4.78 is 10.2. The van der Waals surface area contributed by atoms with Crippen LogP contribution in [0.4, 0.5) is 16.2 Å². The number of aromatic nitrogens is 1. The Kier molecular flexibility index (Phi) is 6.80. The van der Waals surface area contributed by atoms with Gasteiger partial charge < -0.3 is 14.8 Å². The fraction of sp³-hybridized carbons (Fsp3) is 0.278. The number of ether oxygens (including phenoxy) is 2. The molecule has 0 spiro atoms. The van der Waals surface area contributed by atoms with E-state index in [1.807, 2.05) is 6.92 Å². The molecule has 0 unspecified atom stereocenters. The standard InChI is InChI=1S/C18H20ClN3O4/c1-4-25-15-11-10-14(19)16(21-15)17(23)20-12-6-8-13(9-7-12)22(3)18(24)26-5-2/h6-11H,4-5H2,1-3H3,(H,20,23). The third-order valence-electron chi connectivity index (χ3n) is 3.38. The van der Waals surface area contributed by atoms with E-state index in [4.69, 9.17) is 21.1 Å². The van der Waals surface area contributed by atoms with Gasteiger partial charge in [0, 0.05) is 24.5 Å². The van der Waals surface area contributed by atoms with Crippen molar-refractivity contribution in [3.05, 3.63) is 47.1 Å². The van der Waals surface area contributed by atoms with Crippen LogP contribution in [0.1, 0.15) is 24.3 Å². The molecule has 2 aromatic rings. The van der Waals surface area contributed by atoms with Crippen molar-refractivity contribution < 1.29 is 19.1 Å². The fourth-order valence-electron chi connectivity index (χ4n) is 2.10. The van der Waals surface area contributed by atoms with Crippen molar-refractivity contribution in [2.24, 2.45) is 0 Å². The number of rotatable bonds is 6. The zero-order valence-electron chi connectivity index (χ0n) is 14.8. The van der Waals surface area contributed by atoms with Crippen molar-refractivity contribution in [3.63, 3.8) is 0 Å². The van der Waals surface area contributed by atoms with Gasteiger partial charge in [0.25, 0.3) is 5.91 Å². The largest absolute Gasteiger partial charge is 0.478 e. The number of amides is 2. The van der Waals surface area contributed by atoms with Crippen molar-refractivity contribution in [1.82, 2.24) is 4.98 Å². The number of hydrogen-bond donors (Lipinski definition) is 1. The van der Waals surface area contributed by atoms with E-state index in [-0.39, 0.29) is 10.7 Å². The van der Waals surface area contributed by atoms with Gasteiger partial charge in [-0.2, -0.15) is 0 Å². The van der Waals surface area contributed by atoms with E-state index in [1.54, 1.807) is 50.4 Å². The summed E-state index contributed by atoms with van der Waals surface area (Å²) in [6.45, 7) is 4.30. The number of hydrogen-bond acceptors (Lipinski definition) is 5. The predicted molar refractivity (Wildman–Crippen MR) is 100 cm³/mol. The minimum absolute atomic E-state index is 0.0744. The lowest BCUT2D eigenvalue weighted by Gasteiger charge is -2.17. The number of anilines is 2. The molecular formula is C18H20ClN3O4. The molecule has 7 nitrogen and oxygen atoms in total. The van der Waals surface area contributed by atoms with Crippen LogP contribution in [0.2, 0.25) is 5.02 Å². The molecule has 0 atom stereocenters. The number of pyridine rings is 1. The summed E-state index contributed by atoms with van der Waals surface area (Å²) in [4.78, 5) is 29.6. The molecule has 1 heterocycles. The van der Waals surface area contributed by atoms with Crippen molar-refractivity contribution in [1.29, 1.82) is 0 Å². The van der Waals surface area contributed by atoms with Gasteiger partial charge in [0.1, 0.15) is 0 Å². The van der Waals surface area contributed by atoms with Gasteiger partial charge >= 0.3 is 6.09 Å². The van der Waals surface area contributed by atoms with Crippen LogP contribution in [0, 0.1) is 0 Å². The van der Waals surface area contributed by atoms with E-state index < -0.39 is 12.0 Å². The average Bonchev–Trinajstić information content (AvgIpc) is 2.63. The lowest BCUT2D eigenvalue weighted by atomic mass is 10.2. The van der Waals surface area contributed by atoms with Crippen molar-refractivity contribution in [2.75, 3.05) is 30.5 Å². The van der Waals surface area contributed by atoms with Gasteiger partial charge in [0.05, 0.1) is 18.2 Å². The van der Waals surface area contributed by atoms with Crippen LogP contribution < -0.4 is 15.0 Å². The third kappa shape index (κ3) is 4.86. The summed E-state index contributed by atoms with van der Waals surface area (Å²) in [7, 11) is 1.61. The van der Waals surface area contributed by atoms with Crippen molar-refractivity contribution in [2.45, 2.75) is 13.8 Å². The van der Waals surface area contributed by atoms with Crippen LogP contribution in [0.5, 0.6) is 5.88 Å². The first-order valence-electron chi connectivity index (χ1n) is 8.07. The Hall–Kier alpha value is -2.80. The second-order valence-electron chi connectivity index (χ2n) is 5.17. The Balaban J connectivity index is 2.10. The van der Waals surface area contributed by atoms with Crippen molar-refractivity contribution in [3.8, 4) is 5.88 Å². The van der Waals surface area contributed by atoms with Gasteiger partial charge in [-0.05, 0) is 44.2 Å². The van der Waals surface area contributed by atoms with Gasteiger partial charge in [-0.1, -0.05) is 11.6 Å². The summed E-state index contributed by atoms with van der Waals surface area (Å²) in [6.07, 6.45) is -0.451. The lowest BCUT2D eigenvalue weighted by Crippen LogP contribution is -2.26. The second-order valence-corrected chi connectivity index (χ2v) is 5.58. The number of nitrogens with zero attached hydrogens (tertiary/aromatic N) is 2. The molecule has 0 aliphatic heterocycles. The number of carbonyl (C=O) groups is 2. The Morgan fingerprint density at radius 2 is 1.81 bits per heavy atom. The molecule has 1 N–H and O–H groups in total. The van der Waals surface area contributed by atoms with Gasteiger partial charge in [0.2, 0.25) is 5.88 Å². The summed E-state index contributed by atoms with van der Waals surface area (Å²) in [5.41, 5.74) is 1.25. The molecule has 2 amide bonds. The van der Waals surface area contributed by atoms with Gasteiger partial charge in [-0.3, -0.25) is 9.69 Å². The first kappa shape index (κ1) is 19.5. The maximum absolute atomic E-state index is 12.4. The third-order valence-corrected chi connectivity index (χ3v) is 3.69. The first-order chi connectivity index (χ1) is 12.5. The molecule has 1 aromatic carbocycles. The SMILES string of the molecule is CCOC(=O)N(C)c1ccc(NC(=O)c2nc(OCC)ccc2Cl)cc1. The molecule has 26 heavy (non-hydrogen) atoms. The van der Waals surface area contributed by atoms with Gasteiger partial charge in [-0.25, -0.2) is 9.78 Å². The number of benzene rings is 1. The highest BCUT2D eigenvalue weighted by atomic mass is 35.5. The number of halogens is 1. The number of nitrogens with one attached hydrogen (secondary N) is 1.